The number of carbonyl (C=O) groups is 6. The van der Waals surface area contributed by atoms with E-state index in [1.54, 1.807) is 98.9 Å². The fraction of sp³-hybridized carbons (Fsp3) is 0.330. The molecule has 1 aliphatic carbocycles. The monoisotopic (exact) mass is 2000 g/mol. The van der Waals surface area contributed by atoms with Gasteiger partial charge in [-0.25, -0.2) is 54.2 Å². The number of pyridine rings is 2. The molecule has 1 saturated carbocycles. The summed E-state index contributed by atoms with van der Waals surface area (Å²) in [5.74, 6) is 1.18. The largest absolute Gasteiger partial charge is 0.384 e. The van der Waals surface area contributed by atoms with Crippen molar-refractivity contribution in [3.63, 3.8) is 0 Å². The second kappa shape index (κ2) is 42.6. The van der Waals surface area contributed by atoms with E-state index in [0.717, 1.165) is 111 Å². The van der Waals surface area contributed by atoms with E-state index in [1.165, 1.54) is 37.7 Å². The first-order chi connectivity index (χ1) is 72.1. The molecule has 36 nitrogen and oxygen atoms in total. The lowest BCUT2D eigenvalue weighted by molar-refractivity contribution is -0.138. The Morgan fingerprint density at radius 3 is 1.44 bits per heavy atom. The highest BCUT2D eigenvalue weighted by molar-refractivity contribution is 6.04. The number of nitrogens with one attached hydrogen (secondary N) is 6. The number of methoxy groups -OCH3 is 3. The average Bonchev–Trinajstić information content (AvgIpc) is 1.61. The van der Waals surface area contributed by atoms with Crippen LogP contribution in [0.2, 0.25) is 0 Å². The molecule has 148 heavy (non-hydrogen) atoms. The molecule has 6 N–H and O–H groups in total. The van der Waals surface area contributed by atoms with Crippen molar-refractivity contribution in [3.05, 3.63) is 261 Å². The summed E-state index contributed by atoms with van der Waals surface area (Å²) in [6.07, 6.45) is 22.0. The Kier molecular flexibility index (Phi) is 28.3. The molecule has 2 bridgehead atoms. The second-order valence-corrected chi connectivity index (χ2v) is 39.1. The fourth-order valence-corrected chi connectivity index (χ4v) is 21.4. The molecule has 8 aliphatic rings. The van der Waals surface area contributed by atoms with Gasteiger partial charge in [-0.2, -0.15) is 24.1 Å². The minimum absolute atomic E-state index is 0.0291. The highest BCUT2D eigenvalue weighted by Gasteiger charge is 2.51. The van der Waals surface area contributed by atoms with Crippen LogP contribution in [-0.4, -0.2) is 308 Å². The van der Waals surface area contributed by atoms with Crippen LogP contribution in [0.3, 0.4) is 0 Å². The van der Waals surface area contributed by atoms with Crippen LogP contribution in [0, 0.1) is 28.5 Å². The lowest BCUT2D eigenvalue weighted by atomic mass is 9.86. The predicted molar refractivity (Wildman–Crippen MR) is 551 cm³/mol. The maximum atomic E-state index is 15.1. The number of carbonyl (C=O) groups excluding carboxylic acids is 6. The van der Waals surface area contributed by atoms with Gasteiger partial charge in [-0.1, -0.05) is 18.2 Å². The SMILES string of the molecule is COC[C@@]1(C(=O)Nc2ccc3[nH]nc(-c4ccc(F)nc4)c3c2)CCN(CC(=O)N2CCN(c3ccc(-c4ncccn4)cc3)C[C@H]2C)C1.COC[C@@]1(C(=O)Nc2ccc3[nH]nc(-c4ccc(F)nc4)c3c2)CCN(CC(=O)N2C[C@@H]3C[C@H]2CN3c2ccc(-c3ncccn3)cc2)C1.CO[C@@]1(C(=O)Nc2ccc3[nH]nc(-c4ccnc(C5CC5)n4)c3c2)CCN(CC(=O)N2CC=C(c3ccc(-c4ncccn4)cc3F)CC2)C1. The number of anilines is 5. The van der Waals surface area contributed by atoms with Crippen molar-refractivity contribution in [2.24, 2.45) is 10.8 Å². The van der Waals surface area contributed by atoms with Crippen molar-refractivity contribution in [3.8, 4) is 68.1 Å². The third kappa shape index (κ3) is 21.0. The number of hydrogen-bond donors (Lipinski definition) is 6. The smallest absolute Gasteiger partial charge is 0.258 e. The third-order valence-electron chi connectivity index (χ3n) is 29.5. The van der Waals surface area contributed by atoms with Gasteiger partial charge < -0.3 is 54.7 Å². The van der Waals surface area contributed by atoms with Gasteiger partial charge in [0.15, 0.2) is 23.1 Å². The summed E-state index contributed by atoms with van der Waals surface area (Å²) in [5, 5.41) is 33.9. The minimum atomic E-state index is -1.11. The minimum Gasteiger partial charge on any atom is -0.384 e. The molecule has 0 radical (unpaired) electrons. The summed E-state index contributed by atoms with van der Waals surface area (Å²) < 4.78 is 58.9. The molecule has 6 aromatic carbocycles. The standard InChI is InChI=1S/C37H36FN9O3.C36H36FN9O3.C36H38FN9O3/c1-50-37(36(49)42-26-6-8-30-28(20-26)33(45-44-30)31-9-15-41-35(43-31)24-3-4-24)12-18-46(22-37)21-32(48)47-16-10-23(11-17-47)27-7-5-25(19-29(27)38)34-39-13-2-14-40-34;1-49-22-36(35(48)41-25-6-9-30-29(15-25)33(43-42-30)24-5-10-31(37)40-17-24)11-14-44(21-36)20-32(47)46-19-27-16-28(46)18-45(27)26-7-3-23(4-8-26)34-38-12-2-13-39-34;1-24-20-45(28-8-4-25(5-9-28)34-38-13-3-14-39-34)16-17-46(24)32(47)21-44-15-12-36(22-44,23-49-2)35(48)41-27-7-10-30-29(18-27)33(43-42-30)26-6-11-31(37)40-19-26/h2,5-10,13-15,19-20,24H,3-4,11-12,16-18,21-22H2,1H3,(H,42,49)(H,44,45);2-10,12-13,15,17,27-28H,11,14,16,18-22H2,1H3,(H,41,48)(H,42,43);3-11,13-14,18-19,24H,12,15-17,20-23H2,1-2H3,(H,41,48)(H,42,43)/t37-;27-,28-,36+;24-,36-/m001/s1. The van der Waals surface area contributed by atoms with E-state index in [9.17, 15) is 37.5 Å². The number of H-pyrrole nitrogens is 3. The Labute approximate surface area is 849 Å². The Morgan fingerprint density at radius 2 is 0.946 bits per heavy atom. The van der Waals surface area contributed by atoms with Gasteiger partial charge in [0.25, 0.3) is 5.91 Å². The Morgan fingerprint density at radius 1 is 0.453 bits per heavy atom. The molecule has 0 spiro atoms. The molecule has 6 atom stereocenters. The lowest BCUT2D eigenvalue weighted by Crippen LogP contribution is -2.56. The van der Waals surface area contributed by atoms with Gasteiger partial charge in [0.1, 0.15) is 28.7 Å². The van der Waals surface area contributed by atoms with Crippen molar-refractivity contribution in [1.82, 2.24) is 110 Å². The number of aromatic amines is 3. The van der Waals surface area contributed by atoms with Gasteiger partial charge in [-0.3, -0.25) is 58.8 Å². The van der Waals surface area contributed by atoms with E-state index < -0.39 is 28.3 Å². The number of fused-ring (bicyclic) bond motifs is 5. The highest BCUT2D eigenvalue weighted by atomic mass is 19.1. The van der Waals surface area contributed by atoms with E-state index in [0.29, 0.717) is 164 Å². The zero-order valence-electron chi connectivity index (χ0n) is 82.1. The number of piperazine rings is 2. The first-order valence-corrected chi connectivity index (χ1v) is 49.7. The van der Waals surface area contributed by atoms with E-state index in [-0.39, 0.29) is 98.8 Å². The van der Waals surface area contributed by atoms with E-state index in [1.807, 2.05) is 112 Å². The van der Waals surface area contributed by atoms with Crippen LogP contribution >= 0.6 is 0 Å². The number of aromatic nitrogens is 16. The van der Waals surface area contributed by atoms with Crippen LogP contribution in [0.25, 0.3) is 106 Å². The molecule has 9 aromatic heterocycles. The molecule has 756 valence electrons. The van der Waals surface area contributed by atoms with Gasteiger partial charge in [0.05, 0.1) is 72.0 Å². The van der Waals surface area contributed by atoms with E-state index in [4.69, 9.17) is 19.2 Å². The van der Waals surface area contributed by atoms with Gasteiger partial charge >= 0.3 is 0 Å². The molecule has 23 rings (SSSR count). The number of ether oxygens (including phenoxy) is 3. The van der Waals surface area contributed by atoms with Crippen LogP contribution < -0.4 is 25.8 Å². The third-order valence-corrected chi connectivity index (χ3v) is 29.5. The molecule has 39 heteroatoms. The number of benzene rings is 6. The van der Waals surface area contributed by atoms with Crippen molar-refractivity contribution in [2.75, 3.05) is 165 Å². The summed E-state index contributed by atoms with van der Waals surface area (Å²) in [6, 6.07) is 51.6. The lowest BCUT2D eigenvalue weighted by Gasteiger charge is -2.41. The van der Waals surface area contributed by atoms with E-state index in [2.05, 4.69) is 142 Å². The molecular weight excluding hydrogens is 1890 g/mol. The number of hydrogen-bond acceptors (Lipinski definition) is 27. The number of likely N-dealkylation sites (tertiary alicyclic amines) is 4. The second-order valence-electron chi connectivity index (χ2n) is 39.1. The average molecular weight is 2000 g/mol. The summed E-state index contributed by atoms with van der Waals surface area (Å²) in [7, 11) is 4.72. The molecule has 7 aliphatic heterocycles. The maximum Gasteiger partial charge on any atom is 0.258 e. The normalized spacial score (nSPS) is 20.4. The van der Waals surface area contributed by atoms with E-state index >= 15 is 4.39 Å². The zero-order chi connectivity index (χ0) is 102. The van der Waals surface area contributed by atoms with Crippen LogP contribution in [-0.2, 0) is 43.0 Å². The maximum absolute atomic E-state index is 15.1. The molecule has 6 amide bonds. The molecule has 0 unspecified atom stereocenters. The molecule has 7 fully saturated rings. The highest BCUT2D eigenvalue weighted by Crippen LogP contribution is 2.43. The Hall–Kier alpha value is -15.9. The van der Waals surface area contributed by atoms with Gasteiger partial charge in [0, 0.05) is 245 Å². The summed E-state index contributed by atoms with van der Waals surface area (Å²) in [5.41, 5.74) is 11.7. The summed E-state index contributed by atoms with van der Waals surface area (Å²) in [4.78, 5) is 141. The first-order valence-electron chi connectivity index (χ1n) is 49.7. The summed E-state index contributed by atoms with van der Waals surface area (Å²) in [6.45, 7) is 10.5. The van der Waals surface area contributed by atoms with Gasteiger partial charge in [0.2, 0.25) is 41.4 Å². The van der Waals surface area contributed by atoms with Gasteiger partial charge in [-0.05, 0) is 228 Å². The molecule has 6 saturated heterocycles. The van der Waals surface area contributed by atoms with Crippen molar-refractivity contribution in [2.45, 2.75) is 81.5 Å². The number of halogens is 3. The van der Waals surface area contributed by atoms with Gasteiger partial charge in [-0.15, -0.1) is 0 Å². The van der Waals surface area contributed by atoms with Crippen molar-refractivity contribution in [1.29, 1.82) is 0 Å². The predicted octanol–water partition coefficient (Wildman–Crippen LogP) is 13.1. The molecule has 16 heterocycles. The fourth-order valence-electron chi connectivity index (χ4n) is 21.4. The number of amides is 6. The first kappa shape index (κ1) is 98.1. The van der Waals surface area contributed by atoms with Crippen molar-refractivity contribution >= 4 is 102 Å². The summed E-state index contributed by atoms with van der Waals surface area (Å²) >= 11 is 0. The van der Waals surface area contributed by atoms with Crippen LogP contribution in [0.5, 0.6) is 0 Å². The van der Waals surface area contributed by atoms with Crippen LogP contribution in [0.4, 0.5) is 41.6 Å². The Bertz CT molecular complexity index is 7250. The van der Waals surface area contributed by atoms with Crippen LogP contribution in [0.1, 0.15) is 69.2 Å². The van der Waals surface area contributed by atoms with Crippen LogP contribution in [0.15, 0.2) is 232 Å². The zero-order valence-corrected chi connectivity index (χ0v) is 82.1. The molecule has 15 aromatic rings. The number of rotatable bonds is 27. The number of nitrogens with zero attached hydrogens (tertiary/aromatic N) is 21. The van der Waals surface area contributed by atoms with Crippen molar-refractivity contribution < 1.29 is 56.1 Å². The quantitative estimate of drug-likeness (QED) is 0.0260. The molecular formula is C109H110F3N27O9. The topological polar surface area (TPSA) is 407 Å². The Balaban J connectivity index is 0.000000130.